The zero-order valence-corrected chi connectivity index (χ0v) is 10.6. The number of amides is 1. The first kappa shape index (κ1) is 11.5. The number of fused-ring (bicyclic) bond motifs is 1. The van der Waals surface area contributed by atoms with E-state index in [1.807, 2.05) is 29.2 Å². The minimum Gasteiger partial charge on any atom is -0.490 e. The molecule has 1 aromatic carbocycles. The highest BCUT2D eigenvalue weighted by molar-refractivity contribution is 5.97. The van der Waals surface area contributed by atoms with Gasteiger partial charge in [0.05, 0.1) is 18.2 Å². The van der Waals surface area contributed by atoms with Gasteiger partial charge in [0.2, 0.25) is 5.91 Å². The van der Waals surface area contributed by atoms with Crippen molar-refractivity contribution in [1.29, 1.82) is 0 Å². The number of carbonyl (C=O) groups is 1. The normalized spacial score (nSPS) is 26.6. The third-order valence-corrected chi connectivity index (χ3v) is 3.84. The quantitative estimate of drug-likeness (QED) is 0.814. The predicted molar refractivity (Wildman–Crippen MR) is 69.9 cm³/mol. The minimum atomic E-state index is 0.0937. The Labute approximate surface area is 107 Å². The molecule has 1 N–H and O–H groups in total. The highest BCUT2D eigenvalue weighted by atomic mass is 16.5. The molecule has 18 heavy (non-hydrogen) atoms. The van der Waals surface area contributed by atoms with Crippen molar-refractivity contribution in [3.8, 4) is 5.75 Å². The van der Waals surface area contributed by atoms with E-state index in [9.17, 15) is 4.79 Å². The Bertz CT molecular complexity index is 461. The summed E-state index contributed by atoms with van der Waals surface area (Å²) < 4.78 is 5.58. The third-order valence-electron chi connectivity index (χ3n) is 3.84. The molecule has 1 saturated heterocycles. The van der Waals surface area contributed by atoms with Gasteiger partial charge in [0.1, 0.15) is 12.4 Å². The van der Waals surface area contributed by atoms with Crippen molar-refractivity contribution in [2.75, 3.05) is 24.6 Å². The zero-order valence-electron chi connectivity index (χ0n) is 10.6. The van der Waals surface area contributed by atoms with E-state index in [1.54, 1.807) is 0 Å². The van der Waals surface area contributed by atoms with Crippen LogP contribution >= 0.6 is 0 Å². The Hall–Kier alpha value is -1.55. The third kappa shape index (κ3) is 1.86. The molecule has 1 aromatic rings. The van der Waals surface area contributed by atoms with Gasteiger partial charge in [-0.15, -0.1) is 0 Å². The summed E-state index contributed by atoms with van der Waals surface area (Å²) in [5.41, 5.74) is 0.910. The zero-order chi connectivity index (χ0) is 12.5. The number of carbonyl (C=O) groups excluding carboxylic acids is 1. The SMILES string of the molecule is CC1NCCC1C(=O)N1CCOc2ccccc21. The van der Waals surface area contributed by atoms with Crippen molar-refractivity contribution in [1.82, 2.24) is 5.32 Å². The average Bonchev–Trinajstić information content (AvgIpc) is 2.83. The molecule has 3 rings (SSSR count). The molecular formula is C14H18N2O2. The molecule has 1 fully saturated rings. The van der Waals surface area contributed by atoms with Crippen LogP contribution in [0.25, 0.3) is 0 Å². The lowest BCUT2D eigenvalue weighted by Gasteiger charge is -2.32. The van der Waals surface area contributed by atoms with Crippen molar-refractivity contribution in [3.63, 3.8) is 0 Å². The average molecular weight is 246 g/mol. The second kappa shape index (κ2) is 4.61. The molecule has 2 aliphatic rings. The fraction of sp³-hybridized carbons (Fsp3) is 0.500. The molecule has 0 saturated carbocycles. The molecule has 4 heteroatoms. The molecule has 2 heterocycles. The maximum absolute atomic E-state index is 12.6. The first-order valence-electron chi connectivity index (χ1n) is 6.54. The topological polar surface area (TPSA) is 41.6 Å². The lowest BCUT2D eigenvalue weighted by Crippen LogP contribution is -2.44. The minimum absolute atomic E-state index is 0.0937. The molecule has 1 amide bonds. The van der Waals surface area contributed by atoms with Gasteiger partial charge in [-0.05, 0) is 32.0 Å². The summed E-state index contributed by atoms with van der Waals surface area (Å²) in [5, 5.41) is 3.33. The molecule has 2 unspecified atom stereocenters. The van der Waals surface area contributed by atoms with Crippen LogP contribution < -0.4 is 15.0 Å². The van der Waals surface area contributed by atoms with Crippen molar-refractivity contribution >= 4 is 11.6 Å². The summed E-state index contributed by atoms with van der Waals surface area (Å²) in [5.74, 6) is 1.13. The van der Waals surface area contributed by atoms with Crippen molar-refractivity contribution in [2.24, 2.45) is 5.92 Å². The molecule has 0 aromatic heterocycles. The van der Waals surface area contributed by atoms with E-state index in [4.69, 9.17) is 4.74 Å². The van der Waals surface area contributed by atoms with E-state index in [2.05, 4.69) is 12.2 Å². The smallest absolute Gasteiger partial charge is 0.231 e. The van der Waals surface area contributed by atoms with Gasteiger partial charge >= 0.3 is 0 Å². The first-order valence-corrected chi connectivity index (χ1v) is 6.54. The summed E-state index contributed by atoms with van der Waals surface area (Å²) in [6, 6.07) is 8.04. The van der Waals surface area contributed by atoms with E-state index in [0.29, 0.717) is 13.2 Å². The van der Waals surface area contributed by atoms with Gasteiger partial charge in [-0.2, -0.15) is 0 Å². The van der Waals surface area contributed by atoms with Gasteiger partial charge < -0.3 is 15.0 Å². The Kier molecular flexibility index (Phi) is 2.96. The summed E-state index contributed by atoms with van der Waals surface area (Å²) >= 11 is 0. The lowest BCUT2D eigenvalue weighted by atomic mass is 9.99. The van der Waals surface area contributed by atoms with Gasteiger partial charge in [0.15, 0.2) is 0 Å². The van der Waals surface area contributed by atoms with Gasteiger partial charge in [0, 0.05) is 6.04 Å². The van der Waals surface area contributed by atoms with Crippen LogP contribution in [0, 0.1) is 5.92 Å². The number of para-hydroxylation sites is 2. The van der Waals surface area contributed by atoms with E-state index < -0.39 is 0 Å². The summed E-state index contributed by atoms with van der Waals surface area (Å²) in [6.07, 6.45) is 0.930. The molecule has 4 nitrogen and oxygen atoms in total. The summed E-state index contributed by atoms with van der Waals surface area (Å²) in [4.78, 5) is 14.5. The van der Waals surface area contributed by atoms with Crippen molar-refractivity contribution in [3.05, 3.63) is 24.3 Å². The summed E-state index contributed by atoms with van der Waals surface area (Å²) in [6.45, 7) is 4.25. The van der Waals surface area contributed by atoms with E-state index in [-0.39, 0.29) is 17.9 Å². The number of hydrogen-bond donors (Lipinski definition) is 1. The van der Waals surface area contributed by atoms with Gasteiger partial charge in [-0.25, -0.2) is 0 Å². The van der Waals surface area contributed by atoms with Crippen LogP contribution in [0.1, 0.15) is 13.3 Å². The Morgan fingerprint density at radius 2 is 2.28 bits per heavy atom. The van der Waals surface area contributed by atoms with Gasteiger partial charge in [-0.3, -0.25) is 4.79 Å². The van der Waals surface area contributed by atoms with E-state index >= 15 is 0 Å². The van der Waals surface area contributed by atoms with Crippen LogP contribution in [-0.4, -0.2) is 31.6 Å². The van der Waals surface area contributed by atoms with E-state index in [1.165, 1.54) is 0 Å². The van der Waals surface area contributed by atoms with Crippen LogP contribution in [0.2, 0.25) is 0 Å². The van der Waals surface area contributed by atoms with Crippen LogP contribution in [0.3, 0.4) is 0 Å². The van der Waals surface area contributed by atoms with Gasteiger partial charge in [0.25, 0.3) is 0 Å². The molecule has 2 aliphatic heterocycles. The number of nitrogens with one attached hydrogen (secondary N) is 1. The van der Waals surface area contributed by atoms with Crippen LogP contribution in [0.4, 0.5) is 5.69 Å². The Morgan fingerprint density at radius 3 is 3.06 bits per heavy atom. The monoisotopic (exact) mass is 246 g/mol. The number of ether oxygens (including phenoxy) is 1. The summed E-state index contributed by atoms with van der Waals surface area (Å²) in [7, 11) is 0. The number of rotatable bonds is 1. The Morgan fingerprint density at radius 1 is 1.44 bits per heavy atom. The standard InChI is InChI=1S/C14H18N2O2/c1-10-11(6-7-15-10)14(17)16-8-9-18-13-5-3-2-4-12(13)16/h2-5,10-11,15H,6-9H2,1H3. The molecule has 96 valence electrons. The Balaban J connectivity index is 1.87. The highest BCUT2D eigenvalue weighted by Crippen LogP contribution is 2.33. The largest absolute Gasteiger partial charge is 0.490 e. The predicted octanol–water partition coefficient (Wildman–Crippen LogP) is 1.41. The fourth-order valence-electron chi connectivity index (χ4n) is 2.79. The van der Waals surface area contributed by atoms with E-state index in [0.717, 1.165) is 24.4 Å². The molecule has 2 atom stereocenters. The van der Waals surface area contributed by atoms with Crippen LogP contribution in [0.5, 0.6) is 5.75 Å². The second-order valence-electron chi connectivity index (χ2n) is 4.94. The second-order valence-corrected chi connectivity index (χ2v) is 4.94. The van der Waals surface area contributed by atoms with Crippen LogP contribution in [0.15, 0.2) is 24.3 Å². The van der Waals surface area contributed by atoms with Crippen molar-refractivity contribution < 1.29 is 9.53 Å². The van der Waals surface area contributed by atoms with Gasteiger partial charge in [-0.1, -0.05) is 12.1 Å². The molecule has 0 radical (unpaired) electrons. The van der Waals surface area contributed by atoms with Crippen LogP contribution in [-0.2, 0) is 4.79 Å². The fourth-order valence-corrected chi connectivity index (χ4v) is 2.79. The van der Waals surface area contributed by atoms with Crippen molar-refractivity contribution in [2.45, 2.75) is 19.4 Å². The number of hydrogen-bond acceptors (Lipinski definition) is 3. The first-order chi connectivity index (χ1) is 8.77. The molecule has 0 spiro atoms. The maximum Gasteiger partial charge on any atom is 0.231 e. The maximum atomic E-state index is 12.6. The molecule has 0 aliphatic carbocycles. The number of benzene rings is 1. The number of nitrogens with zero attached hydrogens (tertiary/aromatic N) is 1. The lowest BCUT2D eigenvalue weighted by molar-refractivity contribution is -0.122. The highest BCUT2D eigenvalue weighted by Gasteiger charge is 2.35. The number of anilines is 1. The molecular weight excluding hydrogens is 228 g/mol. The molecule has 0 bridgehead atoms.